The molecule has 4 nitrogen and oxygen atoms in total. The van der Waals surface area contributed by atoms with E-state index >= 15 is 0 Å². The van der Waals surface area contributed by atoms with Crippen molar-refractivity contribution in [2.24, 2.45) is 7.05 Å². The second-order valence-electron chi connectivity index (χ2n) is 11.2. The van der Waals surface area contributed by atoms with Crippen LogP contribution in [0.25, 0.3) is 50.3 Å². The smallest absolute Gasteiger partial charge is 0.297 e. The molecule has 0 aliphatic carbocycles. The van der Waals surface area contributed by atoms with E-state index in [1.165, 1.54) is 44.5 Å². The Labute approximate surface area is 230 Å². The van der Waals surface area contributed by atoms with Crippen molar-refractivity contribution < 1.29 is 8.98 Å². The van der Waals surface area contributed by atoms with Gasteiger partial charge < -0.3 is 4.42 Å². The monoisotopic (exact) mass is 514 g/mol. The van der Waals surface area contributed by atoms with Crippen molar-refractivity contribution in [3.8, 4) is 28.2 Å². The molecule has 4 heteroatoms. The van der Waals surface area contributed by atoms with Gasteiger partial charge in [0.1, 0.15) is 11.2 Å². The summed E-state index contributed by atoms with van der Waals surface area (Å²) in [6.45, 7) is 13.3. The van der Waals surface area contributed by atoms with Crippen molar-refractivity contribution >= 4 is 22.1 Å². The summed E-state index contributed by atoms with van der Waals surface area (Å²) < 4.78 is 10.8. The van der Waals surface area contributed by atoms with E-state index in [1.54, 1.807) is 0 Å². The molecule has 39 heavy (non-hydrogen) atoms. The molecular formula is C35H36N3O+. The SMILES string of the molecule is Cc1nc2c(-c3n(-c4c(C(C)C)cc(-c5ccccc5)cc4C(C)C)c4ccccc4[n+]3C)c(C)ccc2o1. The van der Waals surface area contributed by atoms with Crippen molar-refractivity contribution in [3.05, 3.63) is 101 Å². The molecule has 0 unspecified atom stereocenters. The topological polar surface area (TPSA) is 34.8 Å². The van der Waals surface area contributed by atoms with Crippen LogP contribution in [0.4, 0.5) is 0 Å². The number of aromatic nitrogens is 3. The largest absolute Gasteiger partial charge is 0.441 e. The van der Waals surface area contributed by atoms with E-state index in [4.69, 9.17) is 9.40 Å². The number of hydrogen-bond acceptors (Lipinski definition) is 2. The van der Waals surface area contributed by atoms with Crippen LogP contribution in [0.15, 0.2) is 83.3 Å². The van der Waals surface area contributed by atoms with Gasteiger partial charge in [0.2, 0.25) is 0 Å². The third-order valence-electron chi connectivity index (χ3n) is 7.86. The Morgan fingerprint density at radius 2 is 1.41 bits per heavy atom. The maximum absolute atomic E-state index is 6.00. The van der Waals surface area contributed by atoms with Crippen molar-refractivity contribution in [2.45, 2.75) is 53.4 Å². The molecule has 0 bridgehead atoms. The quantitative estimate of drug-likeness (QED) is 0.215. The molecule has 196 valence electrons. The van der Waals surface area contributed by atoms with Crippen LogP contribution in [0.2, 0.25) is 0 Å². The number of rotatable bonds is 5. The highest BCUT2D eigenvalue weighted by Crippen LogP contribution is 2.41. The van der Waals surface area contributed by atoms with Crippen molar-refractivity contribution in [1.29, 1.82) is 0 Å². The van der Waals surface area contributed by atoms with Gasteiger partial charge in [0.05, 0.1) is 12.6 Å². The zero-order valence-electron chi connectivity index (χ0n) is 23.9. The lowest BCUT2D eigenvalue weighted by atomic mass is 9.88. The van der Waals surface area contributed by atoms with Crippen molar-refractivity contribution in [2.75, 3.05) is 0 Å². The number of oxazole rings is 1. The minimum absolute atomic E-state index is 0.326. The summed E-state index contributed by atoms with van der Waals surface area (Å²) in [6.07, 6.45) is 0. The van der Waals surface area contributed by atoms with E-state index in [9.17, 15) is 0 Å². The van der Waals surface area contributed by atoms with Gasteiger partial charge in [0, 0.05) is 18.1 Å². The number of aryl methyl sites for hydroxylation is 3. The van der Waals surface area contributed by atoms with Gasteiger partial charge in [-0.05, 0) is 65.8 Å². The van der Waals surface area contributed by atoms with Crippen LogP contribution >= 0.6 is 0 Å². The minimum Gasteiger partial charge on any atom is -0.441 e. The van der Waals surface area contributed by atoms with Gasteiger partial charge >= 0.3 is 0 Å². The third kappa shape index (κ3) is 4.06. The Morgan fingerprint density at radius 1 is 0.769 bits per heavy atom. The molecular weight excluding hydrogens is 478 g/mol. The van der Waals surface area contributed by atoms with Crippen LogP contribution in [0.1, 0.15) is 62.1 Å². The Kier molecular flexibility index (Phi) is 6.14. The second-order valence-corrected chi connectivity index (χ2v) is 11.2. The van der Waals surface area contributed by atoms with Crippen LogP contribution in [0, 0.1) is 13.8 Å². The van der Waals surface area contributed by atoms with Crippen LogP contribution in [-0.2, 0) is 7.05 Å². The first-order chi connectivity index (χ1) is 18.8. The van der Waals surface area contributed by atoms with Crippen molar-refractivity contribution in [3.63, 3.8) is 0 Å². The normalized spacial score (nSPS) is 11.9. The van der Waals surface area contributed by atoms with Gasteiger partial charge in [0.25, 0.3) is 5.82 Å². The number of nitrogens with zero attached hydrogens (tertiary/aromatic N) is 3. The Morgan fingerprint density at radius 3 is 2.08 bits per heavy atom. The van der Waals surface area contributed by atoms with Crippen LogP contribution in [-0.4, -0.2) is 9.55 Å². The Balaban J connectivity index is 1.79. The zero-order valence-corrected chi connectivity index (χ0v) is 23.9. The van der Waals surface area contributed by atoms with E-state index in [2.05, 4.69) is 124 Å². The van der Waals surface area contributed by atoms with Gasteiger partial charge in [-0.3, -0.25) is 0 Å². The minimum atomic E-state index is 0.326. The lowest BCUT2D eigenvalue weighted by molar-refractivity contribution is -0.633. The van der Waals surface area contributed by atoms with Crippen LogP contribution in [0.3, 0.4) is 0 Å². The maximum atomic E-state index is 6.00. The number of benzene rings is 4. The summed E-state index contributed by atoms with van der Waals surface area (Å²) >= 11 is 0. The molecule has 0 radical (unpaired) electrons. The summed E-state index contributed by atoms with van der Waals surface area (Å²) in [5.41, 5.74) is 12.8. The molecule has 2 aromatic heterocycles. The molecule has 6 rings (SSSR count). The van der Waals surface area contributed by atoms with E-state index in [0.29, 0.717) is 17.7 Å². The second kappa shape index (κ2) is 9.53. The fourth-order valence-electron chi connectivity index (χ4n) is 5.92. The number of fused-ring (bicyclic) bond motifs is 2. The molecule has 0 N–H and O–H groups in total. The van der Waals surface area contributed by atoms with Crippen LogP contribution < -0.4 is 4.57 Å². The molecule has 0 saturated carbocycles. The summed E-state index contributed by atoms with van der Waals surface area (Å²) in [5, 5.41) is 0. The van der Waals surface area contributed by atoms with Gasteiger partial charge in [-0.2, -0.15) is 4.57 Å². The lowest BCUT2D eigenvalue weighted by Gasteiger charge is -2.21. The maximum Gasteiger partial charge on any atom is 0.297 e. The summed E-state index contributed by atoms with van der Waals surface area (Å²) in [4.78, 5) is 4.87. The van der Waals surface area contributed by atoms with E-state index in [-0.39, 0.29) is 0 Å². The molecule has 0 fully saturated rings. The molecule has 4 aromatic carbocycles. The predicted octanol–water partition coefficient (Wildman–Crippen LogP) is 8.79. The highest BCUT2D eigenvalue weighted by atomic mass is 16.3. The average molecular weight is 515 g/mol. The number of hydrogen-bond donors (Lipinski definition) is 0. The summed E-state index contributed by atoms with van der Waals surface area (Å²) in [6, 6.07) is 28.4. The standard InChI is InChI=1S/C35H36N3O/c1-21(2)27-19-26(25-13-9-8-10-14-25)20-28(22(3)4)34(27)38-30-16-12-11-15-29(30)37(7)35(38)32-23(5)17-18-31-33(32)36-24(6)39-31/h8-22H,1-7H3/q+1. The Hall–Kier alpha value is -4.18. The van der Waals surface area contributed by atoms with E-state index in [1.807, 2.05) is 13.0 Å². The fourth-order valence-corrected chi connectivity index (χ4v) is 5.92. The molecule has 0 spiro atoms. The first-order valence-electron chi connectivity index (χ1n) is 13.9. The number of para-hydroxylation sites is 2. The highest BCUT2D eigenvalue weighted by Gasteiger charge is 2.33. The first-order valence-corrected chi connectivity index (χ1v) is 13.9. The molecule has 0 amide bonds. The third-order valence-corrected chi connectivity index (χ3v) is 7.86. The van der Waals surface area contributed by atoms with Gasteiger partial charge in [-0.25, -0.2) is 9.55 Å². The molecule has 6 aromatic rings. The lowest BCUT2D eigenvalue weighted by Crippen LogP contribution is -2.30. The molecule has 0 atom stereocenters. The summed E-state index contributed by atoms with van der Waals surface area (Å²) in [7, 11) is 2.17. The first kappa shape index (κ1) is 25.1. The molecule has 0 aliphatic rings. The predicted molar refractivity (Wildman–Crippen MR) is 161 cm³/mol. The molecule has 0 aliphatic heterocycles. The van der Waals surface area contributed by atoms with Crippen LogP contribution in [0.5, 0.6) is 0 Å². The Bertz CT molecular complexity index is 1810. The average Bonchev–Trinajstić information content (AvgIpc) is 3.45. The highest BCUT2D eigenvalue weighted by molar-refractivity contribution is 5.93. The summed E-state index contributed by atoms with van der Waals surface area (Å²) in [5.74, 6) is 2.45. The molecule has 2 heterocycles. The van der Waals surface area contributed by atoms with Gasteiger partial charge in [-0.1, -0.05) is 76.2 Å². The van der Waals surface area contributed by atoms with Gasteiger partial charge in [-0.15, -0.1) is 0 Å². The fraction of sp³-hybridized carbons (Fsp3) is 0.257. The number of imidazole rings is 1. The van der Waals surface area contributed by atoms with Crippen molar-refractivity contribution in [1.82, 2.24) is 9.55 Å². The van der Waals surface area contributed by atoms with E-state index < -0.39 is 0 Å². The molecule has 0 saturated heterocycles. The van der Waals surface area contributed by atoms with E-state index in [0.717, 1.165) is 22.5 Å². The van der Waals surface area contributed by atoms with Gasteiger partial charge in [0.15, 0.2) is 22.5 Å². The zero-order chi connectivity index (χ0) is 27.4.